The second-order valence-corrected chi connectivity index (χ2v) is 4.19. The predicted molar refractivity (Wildman–Crippen MR) is 61.9 cm³/mol. The quantitative estimate of drug-likeness (QED) is 0.775. The molecule has 0 bridgehead atoms. The summed E-state index contributed by atoms with van der Waals surface area (Å²) in [6.07, 6.45) is 1.77. The second-order valence-electron chi connectivity index (χ2n) is 4.19. The zero-order valence-electron chi connectivity index (χ0n) is 9.53. The van der Waals surface area contributed by atoms with Crippen molar-refractivity contribution < 1.29 is 10.2 Å². The molecule has 0 aliphatic rings. The van der Waals surface area contributed by atoms with Crippen molar-refractivity contribution in [2.45, 2.75) is 26.7 Å². The summed E-state index contributed by atoms with van der Waals surface area (Å²) in [6.45, 7) is 4.35. The van der Waals surface area contributed by atoms with E-state index in [4.69, 9.17) is 10.2 Å². The van der Waals surface area contributed by atoms with Crippen molar-refractivity contribution in [1.29, 1.82) is 0 Å². The first-order valence-corrected chi connectivity index (χ1v) is 5.45. The first kappa shape index (κ1) is 12.2. The van der Waals surface area contributed by atoms with Gasteiger partial charge in [0.15, 0.2) is 0 Å². The Hall–Kier alpha value is -0.860. The highest BCUT2D eigenvalue weighted by atomic mass is 16.3. The molecule has 15 heavy (non-hydrogen) atoms. The van der Waals surface area contributed by atoms with Gasteiger partial charge in [-0.1, -0.05) is 18.2 Å². The first-order chi connectivity index (χ1) is 7.17. The van der Waals surface area contributed by atoms with E-state index in [1.54, 1.807) is 0 Å². The molecule has 0 amide bonds. The molecular weight excluding hydrogens is 188 g/mol. The SMILES string of the molecule is Cc1ccc(CCC(CO)CO)cc1C. The molecule has 0 fully saturated rings. The number of aryl methyl sites for hydroxylation is 3. The fraction of sp³-hybridized carbons (Fsp3) is 0.538. The lowest BCUT2D eigenvalue weighted by molar-refractivity contribution is 0.144. The van der Waals surface area contributed by atoms with Gasteiger partial charge in [-0.15, -0.1) is 0 Å². The molecule has 2 heteroatoms. The van der Waals surface area contributed by atoms with Crippen molar-refractivity contribution in [3.05, 3.63) is 34.9 Å². The highest BCUT2D eigenvalue weighted by Gasteiger charge is 2.06. The molecule has 0 heterocycles. The van der Waals surface area contributed by atoms with Crippen LogP contribution in [0.1, 0.15) is 23.1 Å². The maximum absolute atomic E-state index is 8.94. The summed E-state index contributed by atoms with van der Waals surface area (Å²) in [6, 6.07) is 6.42. The van der Waals surface area contributed by atoms with Crippen molar-refractivity contribution in [2.75, 3.05) is 13.2 Å². The van der Waals surface area contributed by atoms with Crippen LogP contribution in [0.15, 0.2) is 18.2 Å². The summed E-state index contributed by atoms with van der Waals surface area (Å²) in [5.74, 6) is 0.0200. The molecule has 0 aromatic heterocycles. The van der Waals surface area contributed by atoms with Crippen LogP contribution < -0.4 is 0 Å². The average molecular weight is 208 g/mol. The summed E-state index contributed by atoms with van der Waals surface area (Å²) in [5.41, 5.74) is 3.89. The number of aliphatic hydroxyl groups is 2. The second kappa shape index (κ2) is 5.89. The van der Waals surface area contributed by atoms with Crippen LogP contribution in [0.25, 0.3) is 0 Å². The molecule has 0 atom stereocenters. The predicted octanol–water partition coefficient (Wildman–Crippen LogP) is 1.84. The molecule has 0 saturated heterocycles. The number of hydrogen-bond donors (Lipinski definition) is 2. The highest BCUT2D eigenvalue weighted by Crippen LogP contribution is 2.13. The first-order valence-electron chi connectivity index (χ1n) is 5.45. The normalized spacial score (nSPS) is 11.0. The minimum absolute atomic E-state index is 0.0200. The summed E-state index contributed by atoms with van der Waals surface area (Å²) in [7, 11) is 0. The molecule has 0 aliphatic heterocycles. The van der Waals surface area contributed by atoms with E-state index in [2.05, 4.69) is 32.0 Å². The number of rotatable bonds is 5. The molecule has 2 nitrogen and oxygen atoms in total. The molecule has 1 rings (SSSR count). The van der Waals surface area contributed by atoms with E-state index in [1.807, 2.05) is 0 Å². The van der Waals surface area contributed by atoms with Gasteiger partial charge < -0.3 is 10.2 Å². The van der Waals surface area contributed by atoms with Gasteiger partial charge in [-0.05, 0) is 43.4 Å². The smallest absolute Gasteiger partial charge is 0.0481 e. The van der Waals surface area contributed by atoms with E-state index in [1.165, 1.54) is 16.7 Å². The Kier molecular flexibility index (Phi) is 4.79. The van der Waals surface area contributed by atoms with E-state index in [9.17, 15) is 0 Å². The Labute approximate surface area is 91.6 Å². The summed E-state index contributed by atoms with van der Waals surface area (Å²) in [4.78, 5) is 0. The van der Waals surface area contributed by atoms with E-state index >= 15 is 0 Å². The zero-order chi connectivity index (χ0) is 11.3. The van der Waals surface area contributed by atoms with Gasteiger partial charge in [0.25, 0.3) is 0 Å². The number of hydrogen-bond acceptors (Lipinski definition) is 2. The zero-order valence-corrected chi connectivity index (χ0v) is 9.53. The van der Waals surface area contributed by atoms with Crippen LogP contribution in [0.3, 0.4) is 0 Å². The molecule has 2 N–H and O–H groups in total. The van der Waals surface area contributed by atoms with Crippen LogP contribution in [0.5, 0.6) is 0 Å². The van der Waals surface area contributed by atoms with E-state index < -0.39 is 0 Å². The lowest BCUT2D eigenvalue weighted by atomic mass is 9.98. The maximum Gasteiger partial charge on any atom is 0.0481 e. The summed E-state index contributed by atoms with van der Waals surface area (Å²) < 4.78 is 0. The number of benzene rings is 1. The van der Waals surface area contributed by atoms with Crippen molar-refractivity contribution in [1.82, 2.24) is 0 Å². The van der Waals surface area contributed by atoms with Crippen LogP contribution in [-0.2, 0) is 6.42 Å². The Morgan fingerprint density at radius 1 is 1.07 bits per heavy atom. The minimum atomic E-state index is 0.0200. The number of aliphatic hydroxyl groups excluding tert-OH is 2. The largest absolute Gasteiger partial charge is 0.396 e. The Morgan fingerprint density at radius 3 is 2.27 bits per heavy atom. The third kappa shape index (κ3) is 3.65. The Balaban J connectivity index is 2.54. The van der Waals surface area contributed by atoms with Gasteiger partial charge in [-0.25, -0.2) is 0 Å². The molecule has 0 spiro atoms. The van der Waals surface area contributed by atoms with Gasteiger partial charge in [0.05, 0.1) is 0 Å². The summed E-state index contributed by atoms with van der Waals surface area (Å²) >= 11 is 0. The molecule has 0 aliphatic carbocycles. The molecule has 0 unspecified atom stereocenters. The van der Waals surface area contributed by atoms with Gasteiger partial charge in [0, 0.05) is 19.1 Å². The average Bonchev–Trinajstić information content (AvgIpc) is 2.24. The van der Waals surface area contributed by atoms with E-state index in [-0.39, 0.29) is 19.1 Å². The highest BCUT2D eigenvalue weighted by molar-refractivity contribution is 5.29. The Morgan fingerprint density at radius 2 is 1.73 bits per heavy atom. The molecule has 0 radical (unpaired) electrons. The lowest BCUT2D eigenvalue weighted by Crippen LogP contribution is -2.11. The van der Waals surface area contributed by atoms with Crippen molar-refractivity contribution in [2.24, 2.45) is 5.92 Å². The molecule has 1 aromatic carbocycles. The van der Waals surface area contributed by atoms with Crippen LogP contribution in [0, 0.1) is 19.8 Å². The van der Waals surface area contributed by atoms with Gasteiger partial charge in [-0.2, -0.15) is 0 Å². The Bertz CT molecular complexity index is 303. The third-order valence-corrected chi connectivity index (χ3v) is 2.93. The lowest BCUT2D eigenvalue weighted by Gasteiger charge is -2.11. The molecule has 0 saturated carbocycles. The van der Waals surface area contributed by atoms with Gasteiger partial charge in [0.2, 0.25) is 0 Å². The molecule has 1 aromatic rings. The topological polar surface area (TPSA) is 40.5 Å². The fourth-order valence-corrected chi connectivity index (χ4v) is 1.57. The van der Waals surface area contributed by atoms with E-state index in [0.29, 0.717) is 0 Å². The van der Waals surface area contributed by atoms with Gasteiger partial charge in [0.1, 0.15) is 0 Å². The monoisotopic (exact) mass is 208 g/mol. The van der Waals surface area contributed by atoms with Gasteiger partial charge >= 0.3 is 0 Å². The third-order valence-electron chi connectivity index (χ3n) is 2.93. The summed E-state index contributed by atoms with van der Waals surface area (Å²) in [5, 5.41) is 17.9. The van der Waals surface area contributed by atoms with Crippen molar-refractivity contribution in [3.63, 3.8) is 0 Å². The van der Waals surface area contributed by atoms with Gasteiger partial charge in [-0.3, -0.25) is 0 Å². The fourth-order valence-electron chi connectivity index (χ4n) is 1.57. The molecular formula is C13H20O2. The van der Waals surface area contributed by atoms with Crippen LogP contribution in [0.2, 0.25) is 0 Å². The van der Waals surface area contributed by atoms with E-state index in [0.717, 1.165) is 12.8 Å². The van der Waals surface area contributed by atoms with Crippen molar-refractivity contribution >= 4 is 0 Å². The molecule has 84 valence electrons. The van der Waals surface area contributed by atoms with Crippen LogP contribution in [0.4, 0.5) is 0 Å². The van der Waals surface area contributed by atoms with Crippen LogP contribution in [-0.4, -0.2) is 23.4 Å². The standard InChI is InChI=1S/C13H20O2/c1-10-3-4-12(7-11(10)2)5-6-13(8-14)9-15/h3-4,7,13-15H,5-6,8-9H2,1-2H3. The van der Waals surface area contributed by atoms with Crippen molar-refractivity contribution in [3.8, 4) is 0 Å². The van der Waals surface area contributed by atoms with Crippen LogP contribution >= 0.6 is 0 Å². The maximum atomic E-state index is 8.94. The minimum Gasteiger partial charge on any atom is -0.396 e.